The molecule has 0 saturated carbocycles. The number of benzene rings is 2. The molecule has 0 amide bonds. The highest BCUT2D eigenvalue weighted by atomic mass is 16.5. The van der Waals surface area contributed by atoms with Gasteiger partial charge in [-0.2, -0.15) is 0 Å². The van der Waals surface area contributed by atoms with Gasteiger partial charge in [-0.15, -0.1) is 0 Å². The zero-order valence-electron chi connectivity index (χ0n) is 13.3. The van der Waals surface area contributed by atoms with Crippen LogP contribution in [0.1, 0.15) is 25.5 Å². The van der Waals surface area contributed by atoms with Crippen LogP contribution in [0.3, 0.4) is 0 Å². The van der Waals surface area contributed by atoms with Crippen LogP contribution >= 0.6 is 0 Å². The molecule has 0 saturated heterocycles. The molecule has 0 radical (unpaired) electrons. The monoisotopic (exact) mass is 286 g/mol. The molecule has 2 N–H and O–H groups in total. The minimum Gasteiger partial charge on any atom is -0.383 e. The van der Waals surface area contributed by atoms with Gasteiger partial charge in [0.15, 0.2) is 0 Å². The Hall–Kier alpha value is -1.42. The minimum atomic E-state index is 0.227. The third-order valence-corrected chi connectivity index (χ3v) is 4.00. The molecular formula is C18H26N2O. The van der Waals surface area contributed by atoms with Crippen molar-refractivity contribution in [2.45, 2.75) is 25.9 Å². The van der Waals surface area contributed by atoms with Gasteiger partial charge >= 0.3 is 0 Å². The zero-order chi connectivity index (χ0) is 15.2. The van der Waals surface area contributed by atoms with Gasteiger partial charge in [0.05, 0.1) is 6.61 Å². The predicted octanol–water partition coefficient (Wildman–Crippen LogP) is 3.20. The molecule has 0 aliphatic rings. The number of rotatable bonds is 7. The van der Waals surface area contributed by atoms with E-state index in [-0.39, 0.29) is 6.04 Å². The first kappa shape index (κ1) is 16.0. The molecule has 1 atom stereocenters. The van der Waals surface area contributed by atoms with Crippen molar-refractivity contribution in [3.8, 4) is 0 Å². The second-order valence-corrected chi connectivity index (χ2v) is 5.68. The molecule has 0 heterocycles. The molecule has 1 unspecified atom stereocenters. The summed E-state index contributed by atoms with van der Waals surface area (Å²) in [7, 11) is 1.74. The minimum absolute atomic E-state index is 0.227. The van der Waals surface area contributed by atoms with E-state index >= 15 is 0 Å². The SMILES string of the molecule is COCCN(C(C)C)C(CN)c1ccc2ccccc2c1. The number of ether oxygens (including phenoxy) is 1. The first-order valence-electron chi connectivity index (χ1n) is 7.60. The summed E-state index contributed by atoms with van der Waals surface area (Å²) in [5.41, 5.74) is 7.36. The fraction of sp³-hybridized carbons (Fsp3) is 0.444. The van der Waals surface area contributed by atoms with Crippen molar-refractivity contribution in [3.63, 3.8) is 0 Å². The molecule has 0 aliphatic carbocycles. The number of nitrogens with zero attached hydrogens (tertiary/aromatic N) is 1. The highest BCUT2D eigenvalue weighted by Gasteiger charge is 2.21. The van der Waals surface area contributed by atoms with Crippen molar-refractivity contribution in [2.75, 3.05) is 26.8 Å². The van der Waals surface area contributed by atoms with Gasteiger partial charge in [0.2, 0.25) is 0 Å². The van der Waals surface area contributed by atoms with Crippen LogP contribution in [0.2, 0.25) is 0 Å². The predicted molar refractivity (Wildman–Crippen MR) is 89.5 cm³/mol. The molecule has 21 heavy (non-hydrogen) atoms. The topological polar surface area (TPSA) is 38.5 Å². The molecule has 0 aromatic heterocycles. The van der Waals surface area contributed by atoms with Crippen LogP contribution in [-0.2, 0) is 4.74 Å². The number of hydrogen-bond acceptors (Lipinski definition) is 3. The molecule has 3 heteroatoms. The lowest BCUT2D eigenvalue weighted by Gasteiger charge is -2.34. The van der Waals surface area contributed by atoms with E-state index in [0.717, 1.165) is 13.2 Å². The van der Waals surface area contributed by atoms with Crippen LogP contribution in [0.5, 0.6) is 0 Å². The lowest BCUT2D eigenvalue weighted by Crippen LogP contribution is -2.40. The quantitative estimate of drug-likeness (QED) is 0.849. The summed E-state index contributed by atoms with van der Waals surface area (Å²) in [4.78, 5) is 2.41. The van der Waals surface area contributed by atoms with Crippen molar-refractivity contribution in [1.29, 1.82) is 0 Å². The van der Waals surface area contributed by atoms with Gasteiger partial charge in [0.25, 0.3) is 0 Å². The Bertz CT molecular complexity index is 568. The Kier molecular flexibility index (Phi) is 5.74. The van der Waals surface area contributed by atoms with Crippen molar-refractivity contribution in [2.24, 2.45) is 5.73 Å². The van der Waals surface area contributed by atoms with Gasteiger partial charge in [-0.1, -0.05) is 36.4 Å². The third kappa shape index (κ3) is 3.82. The Balaban J connectivity index is 2.32. The summed E-state index contributed by atoms with van der Waals surface area (Å²) in [6.45, 7) is 6.64. The average molecular weight is 286 g/mol. The summed E-state index contributed by atoms with van der Waals surface area (Å²) in [5, 5.41) is 2.54. The summed E-state index contributed by atoms with van der Waals surface area (Å²) >= 11 is 0. The molecule has 2 aromatic carbocycles. The first-order chi connectivity index (χ1) is 10.2. The summed E-state index contributed by atoms with van der Waals surface area (Å²) in [6, 6.07) is 15.7. The van der Waals surface area contributed by atoms with Crippen LogP contribution in [0.25, 0.3) is 10.8 Å². The van der Waals surface area contributed by atoms with Crippen LogP contribution in [0.4, 0.5) is 0 Å². The molecule has 114 valence electrons. The largest absolute Gasteiger partial charge is 0.383 e. The number of methoxy groups -OCH3 is 1. The van der Waals surface area contributed by atoms with Crippen LogP contribution in [-0.4, -0.2) is 37.7 Å². The second kappa shape index (κ2) is 7.55. The second-order valence-electron chi connectivity index (χ2n) is 5.68. The van der Waals surface area contributed by atoms with Crippen LogP contribution < -0.4 is 5.73 Å². The average Bonchev–Trinajstić information content (AvgIpc) is 2.50. The lowest BCUT2D eigenvalue weighted by atomic mass is 10.00. The van der Waals surface area contributed by atoms with Gasteiger partial charge in [-0.3, -0.25) is 4.90 Å². The molecule has 0 spiro atoms. The smallest absolute Gasteiger partial charge is 0.0590 e. The van der Waals surface area contributed by atoms with E-state index < -0.39 is 0 Å². The Morgan fingerprint density at radius 2 is 1.81 bits per heavy atom. The summed E-state index contributed by atoms with van der Waals surface area (Å²) in [6.07, 6.45) is 0. The standard InChI is InChI=1S/C18H26N2O/c1-14(2)20(10-11-21-3)18(13-19)17-9-8-15-6-4-5-7-16(15)12-17/h4-9,12,14,18H,10-11,13,19H2,1-3H3. The zero-order valence-corrected chi connectivity index (χ0v) is 13.3. The number of nitrogens with two attached hydrogens (primary N) is 1. The van der Waals surface area contributed by atoms with Gasteiger partial charge in [-0.25, -0.2) is 0 Å². The van der Waals surface area contributed by atoms with E-state index in [0.29, 0.717) is 12.6 Å². The summed E-state index contributed by atoms with van der Waals surface area (Å²) in [5.74, 6) is 0. The summed E-state index contributed by atoms with van der Waals surface area (Å²) < 4.78 is 5.24. The maximum Gasteiger partial charge on any atom is 0.0590 e. The van der Waals surface area contributed by atoms with Gasteiger partial charge < -0.3 is 10.5 Å². The third-order valence-electron chi connectivity index (χ3n) is 4.00. The highest BCUT2D eigenvalue weighted by Crippen LogP contribution is 2.25. The highest BCUT2D eigenvalue weighted by molar-refractivity contribution is 5.83. The maximum absolute atomic E-state index is 6.08. The Labute approximate surface area is 127 Å². The van der Waals surface area contributed by atoms with Crippen molar-refractivity contribution in [1.82, 2.24) is 4.90 Å². The van der Waals surface area contributed by atoms with E-state index in [4.69, 9.17) is 10.5 Å². The Morgan fingerprint density at radius 1 is 1.10 bits per heavy atom. The molecule has 2 aromatic rings. The molecule has 0 bridgehead atoms. The molecule has 2 rings (SSSR count). The van der Waals surface area contributed by atoms with E-state index in [1.165, 1.54) is 16.3 Å². The van der Waals surface area contributed by atoms with Crippen molar-refractivity contribution < 1.29 is 4.74 Å². The van der Waals surface area contributed by atoms with Gasteiger partial charge in [0.1, 0.15) is 0 Å². The molecule has 0 fully saturated rings. The van der Waals surface area contributed by atoms with E-state index in [1.807, 2.05) is 0 Å². The van der Waals surface area contributed by atoms with Crippen LogP contribution in [0.15, 0.2) is 42.5 Å². The molecule has 3 nitrogen and oxygen atoms in total. The fourth-order valence-electron chi connectivity index (χ4n) is 2.85. The number of hydrogen-bond donors (Lipinski definition) is 1. The first-order valence-corrected chi connectivity index (χ1v) is 7.60. The van der Waals surface area contributed by atoms with E-state index in [9.17, 15) is 0 Å². The molecular weight excluding hydrogens is 260 g/mol. The van der Waals surface area contributed by atoms with Gasteiger partial charge in [-0.05, 0) is 36.2 Å². The normalized spacial score (nSPS) is 13.2. The van der Waals surface area contributed by atoms with Crippen molar-refractivity contribution in [3.05, 3.63) is 48.0 Å². The van der Waals surface area contributed by atoms with E-state index in [1.54, 1.807) is 7.11 Å². The maximum atomic E-state index is 6.08. The Morgan fingerprint density at radius 3 is 2.43 bits per heavy atom. The van der Waals surface area contributed by atoms with Crippen LogP contribution in [0, 0.1) is 0 Å². The fourth-order valence-corrected chi connectivity index (χ4v) is 2.85. The van der Waals surface area contributed by atoms with Crippen molar-refractivity contribution >= 4 is 10.8 Å². The van der Waals surface area contributed by atoms with E-state index in [2.05, 4.69) is 61.2 Å². The lowest BCUT2D eigenvalue weighted by molar-refractivity contribution is 0.0980. The van der Waals surface area contributed by atoms with Gasteiger partial charge in [0, 0.05) is 32.3 Å². The number of fused-ring (bicyclic) bond motifs is 1. The molecule has 0 aliphatic heterocycles.